The summed E-state index contributed by atoms with van der Waals surface area (Å²) in [6.07, 6.45) is 3.17. The van der Waals surface area contributed by atoms with Crippen LogP contribution in [0, 0.1) is 0 Å². The van der Waals surface area contributed by atoms with E-state index >= 15 is 0 Å². The Balaban J connectivity index is 2.68. The first-order valence-electron chi connectivity index (χ1n) is 5.24. The molecule has 16 heavy (non-hydrogen) atoms. The van der Waals surface area contributed by atoms with Crippen molar-refractivity contribution in [1.82, 2.24) is 0 Å². The number of allylic oxidation sites excluding steroid dienone is 1. The molecule has 0 aliphatic carbocycles. The molecule has 0 bridgehead atoms. The van der Waals surface area contributed by atoms with Crippen LogP contribution in [0.3, 0.4) is 0 Å². The highest BCUT2D eigenvalue weighted by atomic mass is 16.5. The molecule has 0 N–H and O–H groups in total. The Bertz CT molecular complexity index is 399. The molecule has 0 radical (unpaired) electrons. The summed E-state index contributed by atoms with van der Waals surface area (Å²) in [5.41, 5.74) is 3.10. The monoisotopic (exact) mass is 216 g/mol. The van der Waals surface area contributed by atoms with Crippen molar-refractivity contribution in [2.75, 3.05) is 6.61 Å². The zero-order valence-corrected chi connectivity index (χ0v) is 9.69. The maximum Gasteiger partial charge on any atom is 0.330 e. The maximum absolute atomic E-state index is 11.1. The van der Waals surface area contributed by atoms with Gasteiger partial charge in [-0.1, -0.05) is 36.4 Å². The van der Waals surface area contributed by atoms with E-state index in [9.17, 15) is 4.79 Å². The van der Waals surface area contributed by atoms with Crippen LogP contribution in [0.1, 0.15) is 25.0 Å². The van der Waals surface area contributed by atoms with Crippen LogP contribution in [-0.2, 0) is 9.53 Å². The van der Waals surface area contributed by atoms with Crippen molar-refractivity contribution < 1.29 is 9.53 Å². The Labute approximate surface area is 96.2 Å². The summed E-state index contributed by atoms with van der Waals surface area (Å²) in [6, 6.07) is 7.85. The second-order valence-electron chi connectivity index (χ2n) is 3.49. The fourth-order valence-corrected chi connectivity index (χ4v) is 1.23. The first-order valence-corrected chi connectivity index (χ1v) is 5.24. The van der Waals surface area contributed by atoms with Crippen molar-refractivity contribution in [2.45, 2.75) is 13.8 Å². The standard InChI is InChI=1S/C14H16O2/c1-4-16-14(15)10-7-12-5-8-13(9-6-12)11(2)3/h5-10H,2,4H2,1,3H3. The van der Waals surface area contributed by atoms with Crippen LogP contribution in [0.2, 0.25) is 0 Å². The number of carbonyl (C=O) groups is 1. The second-order valence-corrected chi connectivity index (χ2v) is 3.49. The van der Waals surface area contributed by atoms with Gasteiger partial charge in [0, 0.05) is 6.08 Å². The Morgan fingerprint density at radius 2 is 2.00 bits per heavy atom. The van der Waals surface area contributed by atoms with Crippen molar-refractivity contribution in [3.8, 4) is 0 Å². The van der Waals surface area contributed by atoms with E-state index in [1.54, 1.807) is 13.0 Å². The zero-order chi connectivity index (χ0) is 12.0. The molecule has 0 atom stereocenters. The molecule has 1 rings (SSSR count). The molecular formula is C14H16O2. The molecule has 0 aromatic heterocycles. The Kier molecular flexibility index (Phi) is 4.52. The number of ether oxygens (including phenoxy) is 1. The van der Waals surface area contributed by atoms with Crippen molar-refractivity contribution in [2.24, 2.45) is 0 Å². The highest BCUT2D eigenvalue weighted by molar-refractivity contribution is 5.87. The highest BCUT2D eigenvalue weighted by Crippen LogP contribution is 2.13. The van der Waals surface area contributed by atoms with Gasteiger partial charge < -0.3 is 4.74 Å². The quantitative estimate of drug-likeness (QED) is 0.570. The van der Waals surface area contributed by atoms with Gasteiger partial charge >= 0.3 is 5.97 Å². The summed E-state index contributed by atoms with van der Waals surface area (Å²) < 4.78 is 4.79. The molecular weight excluding hydrogens is 200 g/mol. The maximum atomic E-state index is 11.1. The van der Waals surface area contributed by atoms with E-state index in [1.807, 2.05) is 31.2 Å². The number of rotatable bonds is 4. The molecule has 0 amide bonds. The lowest BCUT2D eigenvalue weighted by atomic mass is 10.1. The minimum Gasteiger partial charge on any atom is -0.463 e. The minimum atomic E-state index is -0.313. The van der Waals surface area contributed by atoms with E-state index in [0.29, 0.717) is 6.61 Å². The fourth-order valence-electron chi connectivity index (χ4n) is 1.23. The fraction of sp³-hybridized carbons (Fsp3) is 0.214. The topological polar surface area (TPSA) is 26.3 Å². The summed E-state index contributed by atoms with van der Waals surface area (Å²) >= 11 is 0. The molecule has 0 spiro atoms. The molecule has 0 saturated carbocycles. The van der Waals surface area contributed by atoms with Crippen LogP contribution in [0.4, 0.5) is 0 Å². The number of hydrogen-bond donors (Lipinski definition) is 0. The van der Waals surface area contributed by atoms with E-state index in [0.717, 1.165) is 16.7 Å². The average Bonchev–Trinajstić information content (AvgIpc) is 2.27. The van der Waals surface area contributed by atoms with Crippen molar-refractivity contribution >= 4 is 17.6 Å². The van der Waals surface area contributed by atoms with Crippen LogP contribution in [0.25, 0.3) is 11.6 Å². The summed E-state index contributed by atoms with van der Waals surface area (Å²) in [5.74, 6) is -0.313. The molecule has 2 heteroatoms. The minimum absolute atomic E-state index is 0.313. The van der Waals surface area contributed by atoms with Crippen LogP contribution in [0.5, 0.6) is 0 Å². The Morgan fingerprint density at radius 1 is 1.38 bits per heavy atom. The van der Waals surface area contributed by atoms with Gasteiger partial charge in [0.25, 0.3) is 0 Å². The molecule has 1 aromatic carbocycles. The predicted molar refractivity (Wildman–Crippen MR) is 66.8 cm³/mol. The van der Waals surface area contributed by atoms with Gasteiger partial charge in [0.05, 0.1) is 6.61 Å². The Morgan fingerprint density at radius 3 is 2.50 bits per heavy atom. The van der Waals surface area contributed by atoms with Crippen LogP contribution < -0.4 is 0 Å². The van der Waals surface area contributed by atoms with Gasteiger partial charge in [0.15, 0.2) is 0 Å². The van der Waals surface area contributed by atoms with Gasteiger partial charge in [-0.3, -0.25) is 0 Å². The number of hydrogen-bond acceptors (Lipinski definition) is 2. The summed E-state index contributed by atoms with van der Waals surface area (Å²) in [6.45, 7) is 8.01. The molecule has 0 aliphatic rings. The van der Waals surface area contributed by atoms with E-state index < -0.39 is 0 Å². The molecule has 84 valence electrons. The van der Waals surface area contributed by atoms with Gasteiger partial charge in [0.2, 0.25) is 0 Å². The Hall–Kier alpha value is -1.83. The van der Waals surface area contributed by atoms with Gasteiger partial charge in [-0.25, -0.2) is 4.79 Å². The molecule has 0 heterocycles. The van der Waals surface area contributed by atoms with Crippen LogP contribution in [-0.4, -0.2) is 12.6 Å². The van der Waals surface area contributed by atoms with Crippen LogP contribution >= 0.6 is 0 Å². The number of carbonyl (C=O) groups excluding carboxylic acids is 1. The largest absolute Gasteiger partial charge is 0.463 e. The lowest BCUT2D eigenvalue weighted by Gasteiger charge is -1.99. The van der Waals surface area contributed by atoms with E-state index in [4.69, 9.17) is 4.74 Å². The smallest absolute Gasteiger partial charge is 0.330 e. The summed E-state index contributed by atoms with van der Waals surface area (Å²) in [7, 11) is 0. The highest BCUT2D eigenvalue weighted by Gasteiger charge is 1.95. The van der Waals surface area contributed by atoms with Gasteiger partial charge in [0.1, 0.15) is 0 Å². The average molecular weight is 216 g/mol. The molecule has 0 unspecified atom stereocenters. The molecule has 0 saturated heterocycles. The first kappa shape index (κ1) is 12.2. The third kappa shape index (κ3) is 3.73. The second kappa shape index (κ2) is 5.91. The molecule has 0 aliphatic heterocycles. The zero-order valence-electron chi connectivity index (χ0n) is 9.69. The molecule has 0 fully saturated rings. The molecule has 2 nitrogen and oxygen atoms in total. The van der Waals surface area contributed by atoms with E-state index in [1.165, 1.54) is 6.08 Å². The normalized spacial score (nSPS) is 10.4. The third-order valence-corrected chi connectivity index (χ3v) is 2.10. The summed E-state index contributed by atoms with van der Waals surface area (Å²) in [4.78, 5) is 11.1. The van der Waals surface area contributed by atoms with Gasteiger partial charge in [-0.15, -0.1) is 0 Å². The van der Waals surface area contributed by atoms with Gasteiger partial charge in [-0.05, 0) is 31.1 Å². The lowest BCUT2D eigenvalue weighted by molar-refractivity contribution is -0.137. The van der Waals surface area contributed by atoms with Crippen molar-refractivity contribution in [3.05, 3.63) is 48.0 Å². The van der Waals surface area contributed by atoms with Gasteiger partial charge in [-0.2, -0.15) is 0 Å². The molecule has 1 aromatic rings. The lowest BCUT2D eigenvalue weighted by Crippen LogP contribution is -1.98. The number of esters is 1. The predicted octanol–water partition coefficient (Wildman–Crippen LogP) is 3.30. The van der Waals surface area contributed by atoms with Crippen molar-refractivity contribution in [1.29, 1.82) is 0 Å². The van der Waals surface area contributed by atoms with E-state index in [2.05, 4.69) is 6.58 Å². The first-order chi connectivity index (χ1) is 7.63. The van der Waals surface area contributed by atoms with E-state index in [-0.39, 0.29) is 5.97 Å². The van der Waals surface area contributed by atoms with Crippen LogP contribution in [0.15, 0.2) is 36.9 Å². The third-order valence-electron chi connectivity index (χ3n) is 2.10. The SMILES string of the molecule is C=C(C)c1ccc(C=CC(=O)OCC)cc1. The summed E-state index contributed by atoms with van der Waals surface area (Å²) in [5, 5.41) is 0. The number of benzene rings is 1. The van der Waals surface area contributed by atoms with Crippen molar-refractivity contribution in [3.63, 3.8) is 0 Å².